The fourth-order valence-corrected chi connectivity index (χ4v) is 3.26. The van der Waals surface area contributed by atoms with E-state index in [2.05, 4.69) is 37.7 Å². The highest BCUT2D eigenvalue weighted by atomic mass is 16.5. The van der Waals surface area contributed by atoms with E-state index in [0.717, 1.165) is 25.2 Å². The largest absolute Gasteiger partial charge is 0.369 e. The lowest BCUT2D eigenvalue weighted by Crippen LogP contribution is -2.52. The molecule has 2 unspecified atom stereocenters. The highest BCUT2D eigenvalue weighted by Crippen LogP contribution is 2.30. The standard InChI is InChI=1S/C15H28N4O/c1-10(16)7-13-12(3)17-18(6)14(13)19-8-11(2)20-15(4,5)9-19/h10-11H,7-9,16H2,1-6H3. The Morgan fingerprint density at radius 2 is 2.15 bits per heavy atom. The SMILES string of the molecule is Cc1nn(C)c(N2CC(C)OC(C)(C)C2)c1CC(C)N. The van der Waals surface area contributed by atoms with E-state index in [4.69, 9.17) is 10.5 Å². The fraction of sp³-hybridized carbons (Fsp3) is 0.800. The first-order valence-corrected chi connectivity index (χ1v) is 7.40. The molecule has 2 atom stereocenters. The quantitative estimate of drug-likeness (QED) is 0.914. The fourth-order valence-electron chi connectivity index (χ4n) is 3.26. The Morgan fingerprint density at radius 1 is 1.50 bits per heavy atom. The highest BCUT2D eigenvalue weighted by molar-refractivity contribution is 5.51. The molecule has 5 nitrogen and oxygen atoms in total. The number of aryl methyl sites for hydroxylation is 2. The molecule has 0 radical (unpaired) electrons. The third-order valence-electron chi connectivity index (χ3n) is 3.71. The van der Waals surface area contributed by atoms with Gasteiger partial charge in [0.2, 0.25) is 0 Å². The van der Waals surface area contributed by atoms with E-state index in [0.29, 0.717) is 0 Å². The molecule has 0 amide bonds. The van der Waals surface area contributed by atoms with Crippen LogP contribution < -0.4 is 10.6 Å². The molecule has 2 N–H and O–H groups in total. The maximum absolute atomic E-state index is 6.00. The summed E-state index contributed by atoms with van der Waals surface area (Å²) < 4.78 is 7.98. The van der Waals surface area contributed by atoms with Crippen molar-refractivity contribution < 1.29 is 4.74 Å². The number of morpholine rings is 1. The van der Waals surface area contributed by atoms with Gasteiger partial charge in [-0.15, -0.1) is 0 Å². The van der Waals surface area contributed by atoms with Crippen LogP contribution in [0.2, 0.25) is 0 Å². The Balaban J connectivity index is 2.36. The molecule has 0 saturated carbocycles. The van der Waals surface area contributed by atoms with E-state index >= 15 is 0 Å². The molecule has 1 aromatic rings. The van der Waals surface area contributed by atoms with Gasteiger partial charge in [-0.2, -0.15) is 5.10 Å². The second-order valence-electron chi connectivity index (χ2n) is 6.76. The summed E-state index contributed by atoms with van der Waals surface area (Å²) in [5.74, 6) is 1.20. The molecule has 0 bridgehead atoms. The molecule has 0 aliphatic carbocycles. The zero-order valence-corrected chi connectivity index (χ0v) is 13.6. The van der Waals surface area contributed by atoms with Gasteiger partial charge in [-0.05, 0) is 41.0 Å². The van der Waals surface area contributed by atoms with E-state index in [-0.39, 0.29) is 17.7 Å². The Kier molecular flexibility index (Phi) is 4.12. The first kappa shape index (κ1) is 15.3. The summed E-state index contributed by atoms with van der Waals surface area (Å²) in [5.41, 5.74) is 8.21. The summed E-state index contributed by atoms with van der Waals surface area (Å²) >= 11 is 0. The van der Waals surface area contributed by atoms with Crippen LogP contribution in [-0.4, -0.2) is 40.6 Å². The molecule has 5 heteroatoms. The summed E-state index contributed by atoms with van der Waals surface area (Å²) in [6.07, 6.45) is 1.08. The van der Waals surface area contributed by atoms with E-state index in [1.165, 1.54) is 11.4 Å². The molecule has 1 fully saturated rings. The Hall–Kier alpha value is -1.07. The molecule has 1 aromatic heterocycles. The Morgan fingerprint density at radius 3 is 2.70 bits per heavy atom. The number of ether oxygens (including phenoxy) is 1. The van der Waals surface area contributed by atoms with E-state index in [1.807, 2.05) is 18.7 Å². The van der Waals surface area contributed by atoms with Gasteiger partial charge >= 0.3 is 0 Å². The first-order chi connectivity index (χ1) is 9.19. The molecule has 2 heterocycles. The molecule has 2 rings (SSSR count). The van der Waals surface area contributed by atoms with Crippen molar-refractivity contribution in [1.82, 2.24) is 9.78 Å². The molecule has 20 heavy (non-hydrogen) atoms. The monoisotopic (exact) mass is 280 g/mol. The molecule has 1 aliphatic heterocycles. The minimum atomic E-state index is -0.137. The third kappa shape index (κ3) is 3.15. The number of nitrogens with zero attached hydrogens (tertiary/aromatic N) is 3. The van der Waals surface area contributed by atoms with Crippen molar-refractivity contribution in [3.05, 3.63) is 11.3 Å². The summed E-state index contributed by atoms with van der Waals surface area (Å²) in [4.78, 5) is 2.39. The van der Waals surface area contributed by atoms with Crippen LogP contribution in [0.3, 0.4) is 0 Å². The minimum absolute atomic E-state index is 0.137. The van der Waals surface area contributed by atoms with Gasteiger partial charge in [0.1, 0.15) is 5.82 Å². The lowest BCUT2D eigenvalue weighted by atomic mass is 10.0. The normalized spacial score (nSPS) is 23.9. The van der Waals surface area contributed by atoms with Crippen molar-refractivity contribution in [1.29, 1.82) is 0 Å². The van der Waals surface area contributed by atoms with Crippen molar-refractivity contribution in [2.24, 2.45) is 12.8 Å². The van der Waals surface area contributed by atoms with Gasteiger partial charge in [-0.25, -0.2) is 0 Å². The zero-order chi connectivity index (χ0) is 15.1. The zero-order valence-electron chi connectivity index (χ0n) is 13.6. The van der Waals surface area contributed by atoms with Crippen LogP contribution in [0, 0.1) is 6.92 Å². The van der Waals surface area contributed by atoms with Gasteiger partial charge in [0.25, 0.3) is 0 Å². The number of hydrogen-bond acceptors (Lipinski definition) is 4. The van der Waals surface area contributed by atoms with Crippen LogP contribution in [0.1, 0.15) is 39.0 Å². The minimum Gasteiger partial charge on any atom is -0.369 e. The van der Waals surface area contributed by atoms with Crippen molar-refractivity contribution in [3.63, 3.8) is 0 Å². The molecule has 114 valence electrons. The van der Waals surface area contributed by atoms with E-state index < -0.39 is 0 Å². The van der Waals surface area contributed by atoms with Gasteiger partial charge in [0, 0.05) is 31.7 Å². The number of hydrogen-bond donors (Lipinski definition) is 1. The van der Waals surface area contributed by atoms with Gasteiger partial charge in [0.05, 0.1) is 17.4 Å². The number of aromatic nitrogens is 2. The van der Waals surface area contributed by atoms with Crippen molar-refractivity contribution in [2.45, 2.75) is 58.8 Å². The van der Waals surface area contributed by atoms with Gasteiger partial charge in [-0.3, -0.25) is 4.68 Å². The molecule has 0 spiro atoms. The molecule has 0 aromatic carbocycles. The topological polar surface area (TPSA) is 56.3 Å². The van der Waals surface area contributed by atoms with E-state index in [9.17, 15) is 0 Å². The average molecular weight is 280 g/mol. The Bertz CT molecular complexity index is 478. The first-order valence-electron chi connectivity index (χ1n) is 7.40. The van der Waals surface area contributed by atoms with E-state index in [1.54, 1.807) is 0 Å². The summed E-state index contributed by atoms with van der Waals surface area (Å²) in [7, 11) is 2.01. The lowest BCUT2D eigenvalue weighted by Gasteiger charge is -2.43. The van der Waals surface area contributed by atoms with Gasteiger partial charge < -0.3 is 15.4 Å². The number of anilines is 1. The third-order valence-corrected chi connectivity index (χ3v) is 3.71. The van der Waals surface area contributed by atoms with Crippen molar-refractivity contribution in [3.8, 4) is 0 Å². The molecular weight excluding hydrogens is 252 g/mol. The molecule has 1 aliphatic rings. The average Bonchev–Trinajstić information content (AvgIpc) is 2.49. The number of rotatable bonds is 3. The maximum Gasteiger partial charge on any atom is 0.130 e. The van der Waals surface area contributed by atoms with Crippen LogP contribution in [-0.2, 0) is 18.2 Å². The highest BCUT2D eigenvalue weighted by Gasteiger charge is 2.34. The van der Waals surface area contributed by atoms with Crippen LogP contribution in [0.5, 0.6) is 0 Å². The van der Waals surface area contributed by atoms with Crippen LogP contribution in [0.4, 0.5) is 5.82 Å². The second kappa shape index (κ2) is 5.37. The van der Waals surface area contributed by atoms with Gasteiger partial charge in [-0.1, -0.05) is 0 Å². The summed E-state index contributed by atoms with van der Waals surface area (Å²) in [5, 5.41) is 4.59. The summed E-state index contributed by atoms with van der Waals surface area (Å²) in [6.45, 7) is 12.3. The van der Waals surface area contributed by atoms with Crippen LogP contribution >= 0.6 is 0 Å². The predicted molar refractivity (Wildman–Crippen MR) is 82.1 cm³/mol. The van der Waals surface area contributed by atoms with Crippen LogP contribution in [0.15, 0.2) is 0 Å². The Labute approximate surface area is 122 Å². The number of nitrogens with two attached hydrogens (primary N) is 1. The maximum atomic E-state index is 6.00. The second-order valence-corrected chi connectivity index (χ2v) is 6.76. The predicted octanol–water partition coefficient (Wildman–Crippen LogP) is 1.62. The van der Waals surface area contributed by atoms with Gasteiger partial charge in [0.15, 0.2) is 0 Å². The summed E-state index contributed by atoms with van der Waals surface area (Å²) in [6, 6.07) is 0.142. The molecule has 1 saturated heterocycles. The molecular formula is C15H28N4O. The van der Waals surface area contributed by atoms with Crippen molar-refractivity contribution >= 4 is 5.82 Å². The van der Waals surface area contributed by atoms with Crippen LogP contribution in [0.25, 0.3) is 0 Å². The smallest absolute Gasteiger partial charge is 0.130 e. The van der Waals surface area contributed by atoms with Crippen molar-refractivity contribution in [2.75, 3.05) is 18.0 Å². The lowest BCUT2D eigenvalue weighted by molar-refractivity contribution is -0.0753.